The summed E-state index contributed by atoms with van der Waals surface area (Å²) in [6.45, 7) is 0.571. The monoisotopic (exact) mass is 471 g/mol. The number of amides is 1. The average Bonchev–Trinajstić information content (AvgIpc) is 3.41. The molecule has 7 heteroatoms. The van der Waals surface area contributed by atoms with E-state index < -0.39 is 0 Å². The predicted octanol–water partition coefficient (Wildman–Crippen LogP) is 4.93. The molecule has 0 radical (unpaired) electrons. The van der Waals surface area contributed by atoms with Crippen molar-refractivity contribution in [2.45, 2.75) is 12.8 Å². The molecule has 4 rings (SSSR count). The van der Waals surface area contributed by atoms with Gasteiger partial charge in [0.2, 0.25) is 0 Å². The van der Waals surface area contributed by atoms with Gasteiger partial charge < -0.3 is 19.5 Å². The van der Waals surface area contributed by atoms with E-state index in [9.17, 15) is 4.79 Å². The summed E-state index contributed by atoms with van der Waals surface area (Å²) in [5.41, 5.74) is 4.51. The van der Waals surface area contributed by atoms with Crippen molar-refractivity contribution in [2.24, 2.45) is 0 Å². The van der Waals surface area contributed by atoms with Crippen molar-refractivity contribution in [2.75, 3.05) is 27.9 Å². The fraction of sp³-hybridized carbons (Fsp3) is 0.214. The van der Waals surface area contributed by atoms with E-state index in [0.29, 0.717) is 23.7 Å². The number of nitrogens with one attached hydrogen (secondary N) is 1. The van der Waals surface area contributed by atoms with Crippen LogP contribution in [0.4, 0.5) is 0 Å². The third kappa shape index (κ3) is 5.63. The van der Waals surface area contributed by atoms with Crippen molar-refractivity contribution in [3.8, 4) is 34.1 Å². The molecule has 7 nitrogen and oxygen atoms in total. The number of imidazole rings is 1. The number of rotatable bonds is 10. The van der Waals surface area contributed by atoms with E-state index in [0.717, 1.165) is 35.4 Å². The number of aryl methyl sites for hydroxylation is 1. The average molecular weight is 472 g/mol. The first-order chi connectivity index (χ1) is 17.1. The summed E-state index contributed by atoms with van der Waals surface area (Å²) in [5.74, 6) is 2.01. The Hall–Kier alpha value is -4.26. The number of carbonyl (C=O) groups is 1. The zero-order valence-corrected chi connectivity index (χ0v) is 20.2. The van der Waals surface area contributed by atoms with Crippen LogP contribution in [0.1, 0.15) is 22.5 Å². The lowest BCUT2D eigenvalue weighted by atomic mass is 10.0. The molecule has 0 spiro atoms. The van der Waals surface area contributed by atoms with Gasteiger partial charge in [-0.05, 0) is 65.9 Å². The molecule has 0 unspecified atom stereocenters. The first-order valence-corrected chi connectivity index (χ1v) is 11.4. The van der Waals surface area contributed by atoms with Crippen LogP contribution in [0.3, 0.4) is 0 Å². The van der Waals surface area contributed by atoms with Gasteiger partial charge in [0.15, 0.2) is 11.5 Å². The Labute approximate surface area is 205 Å². The summed E-state index contributed by atoms with van der Waals surface area (Å²) >= 11 is 0. The van der Waals surface area contributed by atoms with Gasteiger partial charge in [-0.3, -0.25) is 9.36 Å². The van der Waals surface area contributed by atoms with Crippen LogP contribution in [-0.4, -0.2) is 43.3 Å². The first-order valence-electron chi connectivity index (χ1n) is 11.4. The number of aromatic nitrogens is 2. The molecule has 180 valence electrons. The summed E-state index contributed by atoms with van der Waals surface area (Å²) in [6.07, 6.45) is 4.94. The van der Waals surface area contributed by atoms with Crippen LogP contribution in [0, 0.1) is 0 Å². The normalized spacial score (nSPS) is 10.6. The molecule has 1 N–H and O–H groups in total. The topological polar surface area (TPSA) is 74.6 Å². The molecule has 0 saturated carbocycles. The molecule has 1 amide bonds. The molecule has 0 bridgehead atoms. The molecule has 0 aliphatic rings. The lowest BCUT2D eigenvalue weighted by molar-refractivity contribution is 0.0946. The minimum absolute atomic E-state index is 0.159. The largest absolute Gasteiger partial charge is 0.497 e. The maximum atomic E-state index is 12.9. The molecule has 0 atom stereocenters. The quantitative estimate of drug-likeness (QED) is 0.332. The van der Waals surface area contributed by atoms with Crippen molar-refractivity contribution in [1.29, 1.82) is 0 Å². The van der Waals surface area contributed by atoms with Gasteiger partial charge in [-0.15, -0.1) is 0 Å². The molecule has 4 aromatic rings. The Morgan fingerprint density at radius 1 is 0.886 bits per heavy atom. The number of hydrogen-bond acceptors (Lipinski definition) is 5. The van der Waals surface area contributed by atoms with Crippen LogP contribution < -0.4 is 19.5 Å². The lowest BCUT2D eigenvalue weighted by Crippen LogP contribution is -2.26. The van der Waals surface area contributed by atoms with E-state index >= 15 is 0 Å². The first kappa shape index (κ1) is 23.9. The highest BCUT2D eigenvalue weighted by Crippen LogP contribution is 2.33. The second-order valence-electron chi connectivity index (χ2n) is 7.98. The lowest BCUT2D eigenvalue weighted by Gasteiger charge is -2.12. The van der Waals surface area contributed by atoms with Gasteiger partial charge in [0.05, 0.1) is 33.9 Å². The van der Waals surface area contributed by atoms with Crippen LogP contribution in [0.5, 0.6) is 17.2 Å². The van der Waals surface area contributed by atoms with Gasteiger partial charge in [-0.2, -0.15) is 0 Å². The molecule has 0 fully saturated rings. The molecular formula is C28H29N3O4. The van der Waals surface area contributed by atoms with Crippen LogP contribution in [-0.2, 0) is 6.42 Å². The SMILES string of the molecule is COc1ccc(CCCNC(=O)c2cncn2-c2cccc(-c3ccc(OC)c(OC)c3)c2)cc1. The van der Waals surface area contributed by atoms with Crippen molar-refractivity contribution >= 4 is 5.91 Å². The van der Waals surface area contributed by atoms with Crippen molar-refractivity contribution < 1.29 is 19.0 Å². The van der Waals surface area contributed by atoms with E-state index in [1.165, 1.54) is 5.56 Å². The van der Waals surface area contributed by atoms with E-state index in [4.69, 9.17) is 14.2 Å². The molecule has 1 heterocycles. The molecular weight excluding hydrogens is 442 g/mol. The predicted molar refractivity (Wildman–Crippen MR) is 136 cm³/mol. The zero-order valence-electron chi connectivity index (χ0n) is 20.2. The standard InChI is InChI=1S/C28H29N3O4/c1-33-24-12-9-20(10-13-24)6-5-15-30-28(32)25-18-29-19-31(25)23-8-4-7-21(16-23)22-11-14-26(34-2)27(17-22)35-3/h4,7-14,16-19H,5-6,15H2,1-3H3,(H,30,32). The summed E-state index contributed by atoms with van der Waals surface area (Å²) in [7, 11) is 4.88. The number of benzene rings is 3. The highest BCUT2D eigenvalue weighted by molar-refractivity contribution is 5.93. The molecule has 3 aromatic carbocycles. The fourth-order valence-corrected chi connectivity index (χ4v) is 3.90. The third-order valence-electron chi connectivity index (χ3n) is 5.80. The van der Waals surface area contributed by atoms with E-state index in [1.54, 1.807) is 38.4 Å². The summed E-state index contributed by atoms with van der Waals surface area (Å²) in [5, 5.41) is 3.01. The Bertz CT molecular complexity index is 1280. The highest BCUT2D eigenvalue weighted by atomic mass is 16.5. The van der Waals surface area contributed by atoms with Gasteiger partial charge in [-0.1, -0.05) is 30.3 Å². The maximum absolute atomic E-state index is 12.9. The summed E-state index contributed by atoms with van der Waals surface area (Å²) < 4.78 is 17.8. The fourth-order valence-electron chi connectivity index (χ4n) is 3.90. The second kappa shape index (κ2) is 11.2. The Morgan fingerprint density at radius 2 is 1.66 bits per heavy atom. The Balaban J connectivity index is 1.43. The smallest absolute Gasteiger partial charge is 0.269 e. The van der Waals surface area contributed by atoms with Gasteiger partial charge in [0.1, 0.15) is 11.4 Å². The summed E-state index contributed by atoms with van der Waals surface area (Å²) in [6, 6.07) is 21.7. The molecule has 35 heavy (non-hydrogen) atoms. The van der Waals surface area contributed by atoms with Gasteiger partial charge in [-0.25, -0.2) is 4.98 Å². The van der Waals surface area contributed by atoms with Crippen molar-refractivity contribution in [3.05, 3.63) is 90.5 Å². The van der Waals surface area contributed by atoms with Crippen molar-refractivity contribution in [1.82, 2.24) is 14.9 Å². The minimum Gasteiger partial charge on any atom is -0.497 e. The van der Waals surface area contributed by atoms with Gasteiger partial charge in [0, 0.05) is 12.2 Å². The Kier molecular flexibility index (Phi) is 7.67. The Morgan fingerprint density at radius 3 is 2.40 bits per heavy atom. The van der Waals surface area contributed by atoms with Crippen molar-refractivity contribution in [3.63, 3.8) is 0 Å². The van der Waals surface area contributed by atoms with Crippen LogP contribution in [0.25, 0.3) is 16.8 Å². The number of ether oxygens (including phenoxy) is 3. The van der Waals surface area contributed by atoms with Gasteiger partial charge >= 0.3 is 0 Å². The van der Waals surface area contributed by atoms with Gasteiger partial charge in [0.25, 0.3) is 5.91 Å². The molecule has 0 aliphatic carbocycles. The summed E-state index contributed by atoms with van der Waals surface area (Å²) in [4.78, 5) is 17.1. The van der Waals surface area contributed by atoms with Crippen LogP contribution >= 0.6 is 0 Å². The number of nitrogens with zero attached hydrogens (tertiary/aromatic N) is 2. The van der Waals surface area contributed by atoms with E-state index in [1.807, 2.05) is 66.7 Å². The zero-order chi connectivity index (χ0) is 24.6. The maximum Gasteiger partial charge on any atom is 0.269 e. The van der Waals surface area contributed by atoms with E-state index in [2.05, 4.69) is 10.3 Å². The van der Waals surface area contributed by atoms with Crippen LogP contribution in [0.15, 0.2) is 79.3 Å². The number of methoxy groups -OCH3 is 3. The number of carbonyl (C=O) groups excluding carboxylic acids is 1. The molecule has 1 aromatic heterocycles. The molecule has 0 aliphatic heterocycles. The molecule has 0 saturated heterocycles. The number of hydrogen-bond donors (Lipinski definition) is 1. The minimum atomic E-state index is -0.159. The van der Waals surface area contributed by atoms with Crippen LogP contribution in [0.2, 0.25) is 0 Å². The highest BCUT2D eigenvalue weighted by Gasteiger charge is 2.14. The second-order valence-corrected chi connectivity index (χ2v) is 7.98. The van der Waals surface area contributed by atoms with E-state index in [-0.39, 0.29) is 5.91 Å². The third-order valence-corrected chi connectivity index (χ3v) is 5.80.